The number of methoxy groups -OCH3 is 1. The first kappa shape index (κ1) is 23.7. The molecule has 5 unspecified atom stereocenters. The summed E-state index contributed by atoms with van der Waals surface area (Å²) in [5.41, 5.74) is -0.216. The third-order valence-corrected chi connectivity index (χ3v) is 6.07. The Labute approximate surface area is 186 Å². The molecule has 3 rings (SSSR count). The number of hydrogen-bond acceptors (Lipinski definition) is 9. The van der Waals surface area contributed by atoms with Gasteiger partial charge in [0.1, 0.15) is 6.10 Å². The molecule has 1 aliphatic carbocycles. The molecule has 9 nitrogen and oxygen atoms in total. The van der Waals surface area contributed by atoms with E-state index in [1.165, 1.54) is 14.0 Å². The third-order valence-electron chi connectivity index (χ3n) is 6.07. The highest BCUT2D eigenvalue weighted by atomic mass is 16.7. The third kappa shape index (κ3) is 4.48. The van der Waals surface area contributed by atoms with Crippen LogP contribution in [0.2, 0.25) is 0 Å². The summed E-state index contributed by atoms with van der Waals surface area (Å²) in [6.45, 7) is 10.2. The molecule has 32 heavy (non-hydrogen) atoms. The Hall–Kier alpha value is -2.94. The lowest BCUT2D eigenvalue weighted by Crippen LogP contribution is -2.47. The second-order valence-corrected chi connectivity index (χ2v) is 8.39. The van der Waals surface area contributed by atoms with Crippen LogP contribution in [0.25, 0.3) is 0 Å². The fraction of sp³-hybridized carbons (Fsp3) is 0.565. The number of hydrogen-bond donors (Lipinski definition) is 0. The first-order valence-corrected chi connectivity index (χ1v) is 10.4. The number of epoxide rings is 1. The molecule has 2 heterocycles. The number of ether oxygens (including phenoxy) is 5. The molecule has 3 aliphatic rings. The number of carbonyl (C=O) groups is 4. The van der Waals surface area contributed by atoms with Crippen molar-refractivity contribution in [2.75, 3.05) is 7.11 Å². The standard InChI is InChI=1S/C23H28O9/c1-11-8-7-9-15(21(26)28-6)18(29-14(4)24)19(31-22(27)23(5)13(3)32-23)17-12(2)20(25)30-16(17)10-11/h9-10,13,16-19H,2,7-8H2,1,3-6H3/t13?,16?,17?,18?,19?,23-/m1/s1. The monoisotopic (exact) mass is 448 g/mol. The molecule has 2 aliphatic heterocycles. The van der Waals surface area contributed by atoms with Crippen molar-refractivity contribution < 1.29 is 42.9 Å². The number of carbonyl (C=O) groups excluding carboxylic acids is 4. The lowest BCUT2D eigenvalue weighted by atomic mass is 9.83. The normalized spacial score (nSPS) is 34.3. The molecule has 0 aromatic carbocycles. The van der Waals surface area contributed by atoms with Crippen LogP contribution in [0.4, 0.5) is 0 Å². The van der Waals surface area contributed by atoms with E-state index in [0.717, 1.165) is 5.57 Å². The molecular weight excluding hydrogens is 420 g/mol. The van der Waals surface area contributed by atoms with E-state index in [4.69, 9.17) is 23.7 Å². The topological polar surface area (TPSA) is 118 Å². The van der Waals surface area contributed by atoms with Crippen LogP contribution in [0.15, 0.2) is 35.5 Å². The van der Waals surface area contributed by atoms with Crippen molar-refractivity contribution in [1.82, 2.24) is 0 Å². The van der Waals surface area contributed by atoms with Gasteiger partial charge in [0.05, 0.1) is 24.7 Å². The Morgan fingerprint density at radius 2 is 1.91 bits per heavy atom. The zero-order valence-electron chi connectivity index (χ0n) is 18.8. The summed E-state index contributed by atoms with van der Waals surface area (Å²) in [6, 6.07) is 0. The molecule has 174 valence electrons. The Balaban J connectivity index is 2.14. The predicted molar refractivity (Wildman–Crippen MR) is 110 cm³/mol. The summed E-state index contributed by atoms with van der Waals surface area (Å²) in [5.74, 6) is -3.70. The van der Waals surface area contributed by atoms with Crippen molar-refractivity contribution >= 4 is 23.9 Å². The van der Waals surface area contributed by atoms with Gasteiger partial charge in [0.25, 0.3) is 0 Å². The highest BCUT2D eigenvalue weighted by Crippen LogP contribution is 2.41. The minimum absolute atomic E-state index is 0.0102. The summed E-state index contributed by atoms with van der Waals surface area (Å²) in [4.78, 5) is 50.0. The van der Waals surface area contributed by atoms with Gasteiger partial charge in [-0.1, -0.05) is 18.2 Å². The quantitative estimate of drug-likeness (QED) is 0.209. The molecule has 0 amide bonds. The van der Waals surface area contributed by atoms with Gasteiger partial charge >= 0.3 is 23.9 Å². The minimum Gasteiger partial charge on any atom is -0.466 e. The Morgan fingerprint density at radius 1 is 1.25 bits per heavy atom. The molecule has 2 saturated heterocycles. The lowest BCUT2D eigenvalue weighted by molar-refractivity contribution is -0.173. The summed E-state index contributed by atoms with van der Waals surface area (Å²) >= 11 is 0. The van der Waals surface area contributed by atoms with Gasteiger partial charge in [-0.2, -0.15) is 0 Å². The maximum absolute atomic E-state index is 13.0. The number of esters is 4. The van der Waals surface area contributed by atoms with Crippen molar-refractivity contribution in [3.63, 3.8) is 0 Å². The molecular formula is C23H28O9. The summed E-state index contributed by atoms with van der Waals surface area (Å²) < 4.78 is 27.1. The molecule has 2 fully saturated rings. The van der Waals surface area contributed by atoms with E-state index < -0.39 is 53.7 Å². The zero-order chi connectivity index (χ0) is 23.8. The van der Waals surface area contributed by atoms with Crippen LogP contribution in [-0.2, 0) is 42.9 Å². The molecule has 0 aromatic rings. The van der Waals surface area contributed by atoms with Crippen molar-refractivity contribution in [2.24, 2.45) is 5.92 Å². The molecule has 0 N–H and O–H groups in total. The molecule has 0 radical (unpaired) electrons. The van der Waals surface area contributed by atoms with E-state index in [-0.39, 0.29) is 17.3 Å². The number of rotatable bonds is 4. The average molecular weight is 448 g/mol. The molecule has 0 spiro atoms. The Morgan fingerprint density at radius 3 is 2.47 bits per heavy atom. The van der Waals surface area contributed by atoms with Crippen molar-refractivity contribution in [3.8, 4) is 0 Å². The molecule has 9 heteroatoms. The molecule has 0 aromatic heterocycles. The van der Waals surface area contributed by atoms with Crippen molar-refractivity contribution in [2.45, 2.75) is 70.6 Å². The van der Waals surface area contributed by atoms with E-state index in [1.807, 2.05) is 6.92 Å². The molecule has 0 bridgehead atoms. The van der Waals surface area contributed by atoms with Crippen LogP contribution in [0.1, 0.15) is 40.5 Å². The predicted octanol–water partition coefficient (Wildman–Crippen LogP) is 1.94. The van der Waals surface area contributed by atoms with Gasteiger partial charge in [-0.05, 0) is 39.7 Å². The Bertz CT molecular complexity index is 914. The molecule has 6 atom stereocenters. The summed E-state index contributed by atoms with van der Waals surface area (Å²) in [6.07, 6.45) is 0.540. The van der Waals surface area contributed by atoms with Crippen LogP contribution in [0, 0.1) is 5.92 Å². The summed E-state index contributed by atoms with van der Waals surface area (Å²) in [5, 5.41) is 0. The van der Waals surface area contributed by atoms with Gasteiger partial charge in [0, 0.05) is 12.5 Å². The second kappa shape index (κ2) is 8.90. The fourth-order valence-corrected chi connectivity index (χ4v) is 3.98. The smallest absolute Gasteiger partial charge is 0.341 e. The van der Waals surface area contributed by atoms with Crippen molar-refractivity contribution in [1.29, 1.82) is 0 Å². The minimum atomic E-state index is -1.34. The van der Waals surface area contributed by atoms with E-state index in [0.29, 0.717) is 12.8 Å². The average Bonchev–Trinajstić information content (AvgIpc) is 3.25. The largest absolute Gasteiger partial charge is 0.466 e. The van der Waals surface area contributed by atoms with Crippen LogP contribution in [-0.4, -0.2) is 61.0 Å². The van der Waals surface area contributed by atoms with Crippen LogP contribution < -0.4 is 0 Å². The van der Waals surface area contributed by atoms with Gasteiger partial charge < -0.3 is 23.7 Å². The van der Waals surface area contributed by atoms with Crippen LogP contribution in [0.5, 0.6) is 0 Å². The molecule has 0 saturated carbocycles. The van der Waals surface area contributed by atoms with Crippen LogP contribution >= 0.6 is 0 Å². The highest BCUT2D eigenvalue weighted by molar-refractivity contribution is 5.93. The highest BCUT2D eigenvalue weighted by Gasteiger charge is 2.59. The van der Waals surface area contributed by atoms with Gasteiger partial charge in [0.2, 0.25) is 0 Å². The maximum Gasteiger partial charge on any atom is 0.341 e. The van der Waals surface area contributed by atoms with Gasteiger partial charge in [0.15, 0.2) is 17.8 Å². The van der Waals surface area contributed by atoms with E-state index in [9.17, 15) is 19.2 Å². The van der Waals surface area contributed by atoms with E-state index >= 15 is 0 Å². The first-order valence-electron chi connectivity index (χ1n) is 10.4. The second-order valence-electron chi connectivity index (χ2n) is 8.39. The Kier molecular flexibility index (Phi) is 6.59. The van der Waals surface area contributed by atoms with Crippen molar-refractivity contribution in [3.05, 3.63) is 35.5 Å². The number of allylic oxidation sites excluding steroid dienone is 2. The SMILES string of the molecule is C=C1C(=O)OC2C=C(C)CCC=C(C(=O)OC)C(OC(C)=O)C(OC(=O)[C@]3(C)OC3C)C12. The van der Waals surface area contributed by atoms with Gasteiger partial charge in [-0.15, -0.1) is 0 Å². The maximum atomic E-state index is 13.0. The van der Waals surface area contributed by atoms with Gasteiger partial charge in [-0.25, -0.2) is 14.4 Å². The van der Waals surface area contributed by atoms with E-state index in [2.05, 4.69) is 6.58 Å². The van der Waals surface area contributed by atoms with Crippen LogP contribution in [0.3, 0.4) is 0 Å². The zero-order valence-corrected chi connectivity index (χ0v) is 18.8. The fourth-order valence-electron chi connectivity index (χ4n) is 3.98. The summed E-state index contributed by atoms with van der Waals surface area (Å²) in [7, 11) is 1.20. The lowest BCUT2D eigenvalue weighted by Gasteiger charge is -2.33. The first-order chi connectivity index (χ1) is 15.0. The van der Waals surface area contributed by atoms with Gasteiger partial charge in [-0.3, -0.25) is 4.79 Å². The van der Waals surface area contributed by atoms with E-state index in [1.54, 1.807) is 26.0 Å². The number of fused-ring (bicyclic) bond motifs is 1.